The molecule has 1 amide bonds. The van der Waals surface area contributed by atoms with Gasteiger partial charge in [-0.3, -0.25) is 14.9 Å². The van der Waals surface area contributed by atoms with Gasteiger partial charge in [-0.15, -0.1) is 21.5 Å². The number of nitrogens with one attached hydrogen (secondary N) is 1. The molecular formula is C16H15N5O4S2. The second-order valence-electron chi connectivity index (χ2n) is 5.74. The van der Waals surface area contributed by atoms with Crippen LogP contribution in [0.4, 0.5) is 10.8 Å². The normalized spacial score (nSPS) is 10.9. The first-order valence-corrected chi connectivity index (χ1v) is 9.75. The highest BCUT2D eigenvalue weighted by atomic mass is 32.2. The van der Waals surface area contributed by atoms with Gasteiger partial charge in [-0.25, -0.2) is 4.98 Å². The zero-order valence-electron chi connectivity index (χ0n) is 14.4. The second-order valence-corrected chi connectivity index (χ2v) is 7.52. The van der Waals surface area contributed by atoms with E-state index in [2.05, 4.69) is 20.5 Å². The molecule has 0 radical (unpaired) electrons. The minimum Gasteiger partial charge on any atom is -0.416 e. The number of amides is 1. The van der Waals surface area contributed by atoms with Crippen molar-refractivity contribution in [3.63, 3.8) is 0 Å². The highest BCUT2D eigenvalue weighted by Crippen LogP contribution is 2.27. The van der Waals surface area contributed by atoms with Crippen molar-refractivity contribution in [3.8, 4) is 11.3 Å². The summed E-state index contributed by atoms with van der Waals surface area (Å²) in [4.78, 5) is 26.6. The Morgan fingerprint density at radius 1 is 1.33 bits per heavy atom. The largest absolute Gasteiger partial charge is 0.416 e. The highest BCUT2D eigenvalue weighted by Gasteiger charge is 2.13. The molecule has 0 unspecified atom stereocenters. The van der Waals surface area contributed by atoms with E-state index >= 15 is 0 Å². The van der Waals surface area contributed by atoms with Gasteiger partial charge < -0.3 is 9.73 Å². The standard InChI is InChI=1S/C16H15N5O4S2/c1-9(2)14-19-20-16(25-14)27-8-13(22)18-15-17-12(7-26-15)10-3-5-11(6-4-10)21(23)24/h3-7,9H,8H2,1-2H3,(H,17,18,22). The minimum absolute atomic E-state index is 0.0150. The highest BCUT2D eigenvalue weighted by molar-refractivity contribution is 7.99. The number of nitro benzene ring substituents is 1. The van der Waals surface area contributed by atoms with Crippen molar-refractivity contribution in [2.45, 2.75) is 25.0 Å². The molecule has 1 aromatic carbocycles. The Labute approximate surface area is 162 Å². The number of hydrogen-bond acceptors (Lipinski definition) is 9. The zero-order valence-corrected chi connectivity index (χ0v) is 16.0. The number of anilines is 1. The smallest absolute Gasteiger partial charge is 0.277 e. The third kappa shape index (κ3) is 4.89. The van der Waals surface area contributed by atoms with Gasteiger partial charge in [0, 0.05) is 29.0 Å². The fraction of sp³-hybridized carbons (Fsp3) is 0.250. The molecule has 0 spiro atoms. The van der Waals surface area contributed by atoms with Crippen LogP contribution in [0.1, 0.15) is 25.7 Å². The summed E-state index contributed by atoms with van der Waals surface area (Å²) in [6.07, 6.45) is 0. The zero-order chi connectivity index (χ0) is 19.4. The molecule has 0 fully saturated rings. The van der Waals surface area contributed by atoms with E-state index in [-0.39, 0.29) is 23.3 Å². The quantitative estimate of drug-likeness (QED) is 0.356. The molecule has 0 aliphatic rings. The molecule has 3 aromatic rings. The molecule has 2 aromatic heterocycles. The van der Waals surface area contributed by atoms with Crippen LogP contribution in [0.15, 0.2) is 39.3 Å². The molecule has 0 saturated heterocycles. The van der Waals surface area contributed by atoms with Crippen LogP contribution in [-0.4, -0.2) is 31.8 Å². The van der Waals surface area contributed by atoms with Gasteiger partial charge >= 0.3 is 0 Å². The van der Waals surface area contributed by atoms with Crippen molar-refractivity contribution >= 4 is 39.8 Å². The Balaban J connectivity index is 1.56. The van der Waals surface area contributed by atoms with Crippen LogP contribution in [0.25, 0.3) is 11.3 Å². The third-order valence-corrected chi connectivity index (χ3v) is 4.94. The summed E-state index contributed by atoms with van der Waals surface area (Å²) in [5, 5.41) is 23.8. The molecule has 2 heterocycles. The number of aromatic nitrogens is 3. The summed E-state index contributed by atoms with van der Waals surface area (Å²) in [7, 11) is 0. The van der Waals surface area contributed by atoms with Gasteiger partial charge in [0.15, 0.2) is 5.13 Å². The maximum atomic E-state index is 12.1. The molecule has 1 N–H and O–H groups in total. The summed E-state index contributed by atoms with van der Waals surface area (Å²) >= 11 is 2.43. The minimum atomic E-state index is -0.457. The SMILES string of the molecule is CC(C)c1nnc(SCC(=O)Nc2nc(-c3ccc([N+](=O)[O-])cc3)cs2)o1. The molecule has 140 valence electrons. The molecule has 11 heteroatoms. The van der Waals surface area contributed by atoms with Crippen LogP contribution >= 0.6 is 23.1 Å². The average Bonchev–Trinajstić information content (AvgIpc) is 3.29. The van der Waals surface area contributed by atoms with E-state index in [0.29, 0.717) is 21.9 Å². The number of thioether (sulfide) groups is 1. The Hall–Kier alpha value is -2.79. The predicted molar refractivity (Wildman–Crippen MR) is 102 cm³/mol. The summed E-state index contributed by atoms with van der Waals surface area (Å²) < 4.78 is 5.43. The summed E-state index contributed by atoms with van der Waals surface area (Å²) in [6.45, 7) is 3.89. The lowest BCUT2D eigenvalue weighted by molar-refractivity contribution is -0.384. The maximum Gasteiger partial charge on any atom is 0.277 e. The van der Waals surface area contributed by atoms with Crippen LogP contribution < -0.4 is 5.32 Å². The van der Waals surface area contributed by atoms with E-state index in [9.17, 15) is 14.9 Å². The van der Waals surface area contributed by atoms with Crippen LogP contribution in [0.5, 0.6) is 0 Å². The summed E-state index contributed by atoms with van der Waals surface area (Å²) in [6, 6.07) is 6.08. The topological polar surface area (TPSA) is 124 Å². The number of nitro groups is 1. The Morgan fingerprint density at radius 2 is 2.07 bits per heavy atom. The first-order valence-electron chi connectivity index (χ1n) is 7.89. The summed E-state index contributed by atoms with van der Waals surface area (Å²) in [5.74, 6) is 0.542. The van der Waals surface area contributed by atoms with Gasteiger partial charge in [-0.05, 0) is 12.1 Å². The van der Waals surface area contributed by atoms with Gasteiger partial charge in [0.25, 0.3) is 10.9 Å². The molecule has 0 atom stereocenters. The van der Waals surface area contributed by atoms with Crippen molar-refractivity contribution in [1.29, 1.82) is 0 Å². The Morgan fingerprint density at radius 3 is 2.70 bits per heavy atom. The van der Waals surface area contributed by atoms with E-state index in [0.717, 1.165) is 17.3 Å². The molecule has 9 nitrogen and oxygen atoms in total. The van der Waals surface area contributed by atoms with Crippen LogP contribution in [-0.2, 0) is 4.79 Å². The summed E-state index contributed by atoms with van der Waals surface area (Å²) in [5.41, 5.74) is 1.39. The lowest BCUT2D eigenvalue weighted by atomic mass is 10.1. The van der Waals surface area contributed by atoms with E-state index in [1.54, 1.807) is 17.5 Å². The van der Waals surface area contributed by atoms with Gasteiger partial charge in [0.2, 0.25) is 11.8 Å². The van der Waals surface area contributed by atoms with Gasteiger partial charge in [-0.1, -0.05) is 25.6 Å². The number of nitrogens with zero attached hydrogens (tertiary/aromatic N) is 4. The van der Waals surface area contributed by atoms with Gasteiger partial charge in [0.05, 0.1) is 16.4 Å². The number of carbonyl (C=O) groups is 1. The third-order valence-electron chi connectivity index (χ3n) is 3.37. The van der Waals surface area contributed by atoms with Crippen molar-refractivity contribution < 1.29 is 14.1 Å². The van der Waals surface area contributed by atoms with Crippen LogP contribution in [0, 0.1) is 10.1 Å². The Kier molecular flexibility index (Phi) is 5.81. The lowest BCUT2D eigenvalue weighted by Crippen LogP contribution is -2.13. The number of hydrogen-bond donors (Lipinski definition) is 1. The van der Waals surface area contributed by atoms with Crippen molar-refractivity contribution in [1.82, 2.24) is 15.2 Å². The predicted octanol–water partition coefficient (Wildman–Crippen LogP) is 3.96. The number of non-ortho nitro benzene ring substituents is 1. The van der Waals surface area contributed by atoms with Crippen molar-refractivity contribution in [2.24, 2.45) is 0 Å². The lowest BCUT2D eigenvalue weighted by Gasteiger charge is -2.00. The monoisotopic (exact) mass is 405 g/mol. The van der Waals surface area contributed by atoms with E-state index in [1.165, 1.54) is 23.5 Å². The van der Waals surface area contributed by atoms with E-state index in [1.807, 2.05) is 13.8 Å². The second kappa shape index (κ2) is 8.27. The van der Waals surface area contributed by atoms with E-state index in [4.69, 9.17) is 4.42 Å². The molecule has 0 aliphatic heterocycles. The number of thiazole rings is 1. The fourth-order valence-corrected chi connectivity index (χ4v) is 3.32. The van der Waals surface area contributed by atoms with Crippen molar-refractivity contribution in [2.75, 3.05) is 11.1 Å². The Bertz CT molecular complexity index is 952. The first-order chi connectivity index (χ1) is 12.9. The maximum absolute atomic E-state index is 12.1. The van der Waals surface area contributed by atoms with Gasteiger partial charge in [0.1, 0.15) is 0 Å². The number of rotatable bonds is 7. The van der Waals surface area contributed by atoms with Crippen LogP contribution in [0.2, 0.25) is 0 Å². The molecule has 0 aliphatic carbocycles. The average molecular weight is 405 g/mol. The van der Waals surface area contributed by atoms with Gasteiger partial charge in [-0.2, -0.15) is 0 Å². The fourth-order valence-electron chi connectivity index (χ4n) is 2.01. The molecular weight excluding hydrogens is 390 g/mol. The molecule has 0 bridgehead atoms. The first kappa shape index (κ1) is 19.0. The van der Waals surface area contributed by atoms with E-state index < -0.39 is 4.92 Å². The van der Waals surface area contributed by atoms with Crippen molar-refractivity contribution in [3.05, 3.63) is 45.7 Å². The molecule has 27 heavy (non-hydrogen) atoms. The number of carbonyl (C=O) groups excluding carboxylic acids is 1. The number of benzene rings is 1. The molecule has 3 rings (SSSR count). The van der Waals surface area contributed by atoms with Crippen LogP contribution in [0.3, 0.4) is 0 Å². The molecule has 0 saturated carbocycles.